The van der Waals surface area contributed by atoms with Crippen molar-refractivity contribution in [2.24, 2.45) is 0 Å². The summed E-state index contributed by atoms with van der Waals surface area (Å²) in [7, 11) is 0. The first-order valence-electron chi connectivity index (χ1n) is 6.51. The van der Waals surface area contributed by atoms with Gasteiger partial charge in [0.25, 0.3) is 5.91 Å². The molecule has 2 rings (SSSR count). The van der Waals surface area contributed by atoms with E-state index in [4.69, 9.17) is 9.63 Å². The fourth-order valence-corrected chi connectivity index (χ4v) is 1.86. The Kier molecular flexibility index (Phi) is 4.75. The smallest absolute Gasteiger partial charge is 0.252 e. The van der Waals surface area contributed by atoms with Gasteiger partial charge in [-0.2, -0.15) is 0 Å². The third-order valence-corrected chi connectivity index (χ3v) is 2.83. The van der Waals surface area contributed by atoms with Gasteiger partial charge in [-0.1, -0.05) is 23.1 Å². The van der Waals surface area contributed by atoms with E-state index in [1.165, 1.54) is 0 Å². The molecular weight excluding hydrogens is 268 g/mol. The molecule has 1 heterocycles. The zero-order valence-electron chi connectivity index (χ0n) is 11.9. The molecule has 5 nitrogen and oxygen atoms in total. The summed E-state index contributed by atoms with van der Waals surface area (Å²) in [5, 5.41) is 15.4. The van der Waals surface area contributed by atoms with E-state index in [0.29, 0.717) is 22.6 Å². The summed E-state index contributed by atoms with van der Waals surface area (Å²) in [6.45, 7) is 3.76. The highest BCUT2D eigenvalue weighted by Gasteiger charge is 2.11. The summed E-state index contributed by atoms with van der Waals surface area (Å²) < 4.78 is 4.94. The number of hydrogen-bond acceptors (Lipinski definition) is 4. The molecule has 1 aromatic carbocycles. The second kappa shape index (κ2) is 6.73. The van der Waals surface area contributed by atoms with Gasteiger partial charge in [-0.3, -0.25) is 4.79 Å². The van der Waals surface area contributed by atoms with Crippen molar-refractivity contribution < 1.29 is 14.4 Å². The predicted molar refractivity (Wildman–Crippen MR) is 77.6 cm³/mol. The number of aromatic nitrogens is 1. The van der Waals surface area contributed by atoms with Crippen LogP contribution in [-0.4, -0.2) is 22.8 Å². The normalized spacial score (nSPS) is 9.86. The summed E-state index contributed by atoms with van der Waals surface area (Å²) in [6.07, 6.45) is 0. The van der Waals surface area contributed by atoms with Crippen LogP contribution in [0.4, 0.5) is 0 Å². The van der Waals surface area contributed by atoms with Gasteiger partial charge in [0.1, 0.15) is 18.1 Å². The monoisotopic (exact) mass is 284 g/mol. The minimum atomic E-state index is -0.243. The van der Waals surface area contributed by atoms with Crippen molar-refractivity contribution in [3.63, 3.8) is 0 Å². The van der Waals surface area contributed by atoms with Crippen LogP contribution in [0.15, 0.2) is 28.8 Å². The van der Waals surface area contributed by atoms with Gasteiger partial charge in [0.05, 0.1) is 12.1 Å². The van der Waals surface area contributed by atoms with Crippen molar-refractivity contribution in [3.05, 3.63) is 52.4 Å². The highest BCUT2D eigenvalue weighted by Crippen LogP contribution is 2.11. The Labute approximate surface area is 123 Å². The second-order valence-corrected chi connectivity index (χ2v) is 4.62. The molecule has 0 saturated heterocycles. The first-order valence-corrected chi connectivity index (χ1v) is 6.51. The first-order chi connectivity index (χ1) is 10.1. The van der Waals surface area contributed by atoms with Crippen molar-refractivity contribution in [1.82, 2.24) is 10.5 Å². The number of aliphatic hydroxyl groups excluding tert-OH is 1. The number of benzene rings is 1. The Balaban J connectivity index is 2.14. The number of aliphatic hydroxyl groups is 1. The Morgan fingerprint density at radius 2 is 2.19 bits per heavy atom. The predicted octanol–water partition coefficient (Wildman–Crippen LogP) is 1.57. The number of carbonyl (C=O) groups is 1. The van der Waals surface area contributed by atoms with Crippen LogP contribution in [-0.2, 0) is 6.54 Å². The van der Waals surface area contributed by atoms with E-state index >= 15 is 0 Å². The molecular formula is C16H16N2O3. The summed E-state index contributed by atoms with van der Waals surface area (Å²) in [4.78, 5) is 12.2. The highest BCUT2D eigenvalue weighted by molar-refractivity contribution is 5.96. The average Bonchev–Trinajstić information content (AvgIpc) is 2.88. The maximum atomic E-state index is 12.2. The number of rotatable bonds is 3. The van der Waals surface area contributed by atoms with Crippen LogP contribution in [0.3, 0.4) is 0 Å². The van der Waals surface area contributed by atoms with Gasteiger partial charge < -0.3 is 14.9 Å². The van der Waals surface area contributed by atoms with Crippen molar-refractivity contribution in [2.75, 3.05) is 6.61 Å². The van der Waals surface area contributed by atoms with Gasteiger partial charge in [0, 0.05) is 11.6 Å². The number of hydrogen-bond donors (Lipinski definition) is 2. The summed E-state index contributed by atoms with van der Waals surface area (Å²) >= 11 is 0. The molecule has 0 saturated carbocycles. The zero-order chi connectivity index (χ0) is 15.2. The molecule has 108 valence electrons. The van der Waals surface area contributed by atoms with E-state index in [0.717, 1.165) is 5.56 Å². The Bertz CT molecular complexity index is 708. The number of carbonyl (C=O) groups excluding carboxylic acids is 1. The summed E-state index contributed by atoms with van der Waals surface area (Å²) in [6, 6.07) is 7.15. The second-order valence-electron chi connectivity index (χ2n) is 4.62. The average molecular weight is 284 g/mol. The lowest BCUT2D eigenvalue weighted by atomic mass is 10.0. The van der Waals surface area contributed by atoms with Gasteiger partial charge in [-0.15, -0.1) is 0 Å². The molecule has 0 unspecified atom stereocenters. The maximum Gasteiger partial charge on any atom is 0.252 e. The third-order valence-electron chi connectivity index (χ3n) is 2.83. The zero-order valence-corrected chi connectivity index (χ0v) is 11.9. The molecule has 2 N–H and O–H groups in total. The lowest BCUT2D eigenvalue weighted by molar-refractivity contribution is 0.0950. The van der Waals surface area contributed by atoms with Gasteiger partial charge in [-0.25, -0.2) is 0 Å². The topological polar surface area (TPSA) is 75.4 Å². The third kappa shape index (κ3) is 3.94. The molecule has 0 radical (unpaired) electrons. The fourth-order valence-electron chi connectivity index (χ4n) is 1.86. The van der Waals surface area contributed by atoms with E-state index in [-0.39, 0.29) is 19.1 Å². The van der Waals surface area contributed by atoms with Crippen LogP contribution in [0.1, 0.15) is 32.9 Å². The van der Waals surface area contributed by atoms with E-state index < -0.39 is 0 Å². The van der Waals surface area contributed by atoms with Gasteiger partial charge in [-0.05, 0) is 31.5 Å². The van der Waals surface area contributed by atoms with Crippen LogP contribution in [0.2, 0.25) is 0 Å². The molecule has 2 aromatic rings. The molecule has 1 aromatic heterocycles. The van der Waals surface area contributed by atoms with Crippen LogP contribution < -0.4 is 5.32 Å². The molecule has 0 fully saturated rings. The molecule has 0 aliphatic carbocycles. The Hall–Kier alpha value is -2.58. The number of amides is 1. The van der Waals surface area contributed by atoms with Crippen LogP contribution in [0.5, 0.6) is 0 Å². The van der Waals surface area contributed by atoms with Crippen molar-refractivity contribution in [2.45, 2.75) is 20.4 Å². The van der Waals surface area contributed by atoms with Crippen LogP contribution >= 0.6 is 0 Å². The summed E-state index contributed by atoms with van der Waals surface area (Å²) in [5.74, 6) is 5.81. The minimum Gasteiger partial charge on any atom is -0.384 e. The summed E-state index contributed by atoms with van der Waals surface area (Å²) in [5.41, 5.74) is 2.73. The molecule has 0 aliphatic rings. The van der Waals surface area contributed by atoms with E-state index in [1.807, 2.05) is 19.1 Å². The number of nitrogens with zero attached hydrogens (tertiary/aromatic N) is 1. The Morgan fingerprint density at radius 3 is 2.86 bits per heavy atom. The van der Waals surface area contributed by atoms with Crippen LogP contribution in [0, 0.1) is 25.7 Å². The highest BCUT2D eigenvalue weighted by atomic mass is 16.5. The lowest BCUT2D eigenvalue weighted by Gasteiger charge is -2.06. The van der Waals surface area contributed by atoms with Gasteiger partial charge in [0.2, 0.25) is 0 Å². The van der Waals surface area contributed by atoms with Crippen LogP contribution in [0.25, 0.3) is 0 Å². The molecule has 0 spiro atoms. The molecule has 5 heteroatoms. The van der Waals surface area contributed by atoms with Crippen molar-refractivity contribution in [3.8, 4) is 11.8 Å². The van der Waals surface area contributed by atoms with E-state index in [9.17, 15) is 4.79 Å². The Morgan fingerprint density at radius 1 is 1.38 bits per heavy atom. The van der Waals surface area contributed by atoms with Gasteiger partial charge >= 0.3 is 0 Å². The SMILES string of the molecule is Cc1ccc(C(=O)NCc2cc(C)on2)c(C#CCO)c1. The fraction of sp³-hybridized carbons (Fsp3) is 0.250. The molecule has 0 bridgehead atoms. The van der Waals surface area contributed by atoms with Crippen molar-refractivity contribution >= 4 is 5.91 Å². The molecule has 1 amide bonds. The number of nitrogens with one attached hydrogen (secondary N) is 1. The standard InChI is InChI=1S/C16H16N2O3/c1-11-5-6-15(13(8-11)4-3-7-19)16(20)17-10-14-9-12(2)21-18-14/h5-6,8-9,19H,7,10H2,1-2H3,(H,17,20). The van der Waals surface area contributed by atoms with E-state index in [2.05, 4.69) is 22.3 Å². The molecule has 21 heavy (non-hydrogen) atoms. The quantitative estimate of drug-likeness (QED) is 0.839. The van der Waals surface area contributed by atoms with Gasteiger partial charge in [0.15, 0.2) is 0 Å². The maximum absolute atomic E-state index is 12.2. The van der Waals surface area contributed by atoms with Crippen molar-refractivity contribution in [1.29, 1.82) is 0 Å². The molecule has 0 atom stereocenters. The molecule has 0 aliphatic heterocycles. The first kappa shape index (κ1) is 14.8. The number of aryl methyl sites for hydroxylation is 2. The minimum absolute atomic E-state index is 0.238. The largest absolute Gasteiger partial charge is 0.384 e. The van der Waals surface area contributed by atoms with E-state index in [1.54, 1.807) is 19.1 Å². The lowest BCUT2D eigenvalue weighted by Crippen LogP contribution is -2.23.